The van der Waals surface area contributed by atoms with E-state index in [1.165, 1.54) is 19.4 Å². The third kappa shape index (κ3) is 3.29. The molecule has 1 aromatic carbocycles. The molecule has 2 rings (SSSR count). The number of nitrogens with zero attached hydrogens (tertiary/aromatic N) is 2. The molecule has 0 amide bonds. The first kappa shape index (κ1) is 13.5. The van der Waals surface area contributed by atoms with E-state index in [1.54, 1.807) is 12.1 Å². The lowest BCUT2D eigenvalue weighted by molar-refractivity contribution is -0.384. The largest absolute Gasteiger partial charge is 0.313 e. The first-order valence-corrected chi connectivity index (χ1v) is 6.39. The second-order valence-electron chi connectivity index (χ2n) is 4.70. The Balaban J connectivity index is 2.23. The summed E-state index contributed by atoms with van der Waals surface area (Å²) in [6, 6.07) is 4.54. The number of hydrazine groups is 1. The molecule has 1 saturated heterocycles. The highest BCUT2D eigenvalue weighted by atomic mass is 16.6. The van der Waals surface area contributed by atoms with Crippen LogP contribution in [0.4, 0.5) is 11.4 Å². The lowest BCUT2D eigenvalue weighted by atomic mass is 10.1. The zero-order chi connectivity index (χ0) is 13.8. The minimum absolute atomic E-state index is 0.0572. The van der Waals surface area contributed by atoms with Crippen molar-refractivity contribution in [2.75, 3.05) is 18.5 Å². The smallest absolute Gasteiger partial charge is 0.294 e. The third-order valence-corrected chi connectivity index (χ3v) is 3.24. The highest BCUT2D eigenvalue weighted by Gasteiger charge is 2.19. The Hall–Kier alpha value is -1.95. The van der Waals surface area contributed by atoms with Crippen LogP contribution in [0.5, 0.6) is 0 Å². The number of piperidine rings is 1. The van der Waals surface area contributed by atoms with E-state index in [4.69, 9.17) is 0 Å². The van der Waals surface area contributed by atoms with E-state index in [1.807, 2.05) is 5.01 Å². The third-order valence-electron chi connectivity index (χ3n) is 3.24. The Morgan fingerprint density at radius 2 is 2.00 bits per heavy atom. The molecule has 6 heteroatoms. The topological polar surface area (TPSA) is 75.5 Å². The number of carbonyl (C=O) groups is 1. The number of nitrogens with one attached hydrogen (secondary N) is 1. The minimum atomic E-state index is -0.460. The first-order valence-electron chi connectivity index (χ1n) is 6.39. The molecular weight excluding hydrogens is 246 g/mol. The molecule has 0 atom stereocenters. The molecule has 6 nitrogen and oxygen atoms in total. The Bertz CT molecular complexity index is 496. The maximum Gasteiger partial charge on any atom is 0.294 e. The molecule has 0 bridgehead atoms. The number of anilines is 1. The number of hydrogen-bond donors (Lipinski definition) is 1. The summed E-state index contributed by atoms with van der Waals surface area (Å²) in [5, 5.41) is 13.1. The summed E-state index contributed by atoms with van der Waals surface area (Å²) in [6.07, 6.45) is 3.38. The number of hydrogen-bond acceptors (Lipinski definition) is 5. The SMILES string of the molecule is CC(=O)c1ccc(NN2CCCCC2)c([N+](=O)[O-])c1. The maximum absolute atomic E-state index is 11.3. The summed E-state index contributed by atoms with van der Waals surface area (Å²) >= 11 is 0. The van der Waals surface area contributed by atoms with Crippen LogP contribution in [0, 0.1) is 10.1 Å². The van der Waals surface area contributed by atoms with Gasteiger partial charge in [0.05, 0.1) is 4.92 Å². The normalized spacial score (nSPS) is 16.1. The summed E-state index contributed by atoms with van der Waals surface area (Å²) in [7, 11) is 0. The number of nitro groups is 1. The van der Waals surface area contributed by atoms with E-state index in [0.717, 1.165) is 25.9 Å². The Morgan fingerprint density at radius 1 is 1.32 bits per heavy atom. The Kier molecular flexibility index (Phi) is 4.11. The van der Waals surface area contributed by atoms with Crippen molar-refractivity contribution in [3.05, 3.63) is 33.9 Å². The average Bonchev–Trinajstić information content (AvgIpc) is 2.39. The van der Waals surface area contributed by atoms with Crippen molar-refractivity contribution < 1.29 is 9.72 Å². The van der Waals surface area contributed by atoms with Crippen LogP contribution >= 0.6 is 0 Å². The number of carbonyl (C=O) groups excluding carboxylic acids is 1. The molecule has 0 spiro atoms. The van der Waals surface area contributed by atoms with Crippen LogP contribution in [0.15, 0.2) is 18.2 Å². The van der Waals surface area contributed by atoms with Gasteiger partial charge in [0, 0.05) is 24.7 Å². The summed E-state index contributed by atoms with van der Waals surface area (Å²) < 4.78 is 0. The molecule has 0 radical (unpaired) electrons. The lowest BCUT2D eigenvalue weighted by Gasteiger charge is -2.27. The fourth-order valence-electron chi connectivity index (χ4n) is 2.17. The summed E-state index contributed by atoms with van der Waals surface area (Å²) in [5.41, 5.74) is 3.82. The predicted molar refractivity (Wildman–Crippen MR) is 72.1 cm³/mol. The van der Waals surface area contributed by atoms with Crippen molar-refractivity contribution in [1.82, 2.24) is 5.01 Å². The van der Waals surface area contributed by atoms with E-state index in [9.17, 15) is 14.9 Å². The zero-order valence-electron chi connectivity index (χ0n) is 10.9. The van der Waals surface area contributed by atoms with Crippen LogP contribution in [0.2, 0.25) is 0 Å². The minimum Gasteiger partial charge on any atom is -0.313 e. The van der Waals surface area contributed by atoms with Crippen LogP contribution in [0.25, 0.3) is 0 Å². The fraction of sp³-hybridized carbons (Fsp3) is 0.462. The maximum atomic E-state index is 11.3. The second kappa shape index (κ2) is 5.79. The van der Waals surface area contributed by atoms with Gasteiger partial charge in [-0.25, -0.2) is 5.01 Å². The van der Waals surface area contributed by atoms with Gasteiger partial charge in [0.25, 0.3) is 5.69 Å². The van der Waals surface area contributed by atoms with Crippen molar-refractivity contribution in [2.24, 2.45) is 0 Å². The van der Waals surface area contributed by atoms with Gasteiger partial charge in [-0.2, -0.15) is 0 Å². The molecule has 1 N–H and O–H groups in total. The van der Waals surface area contributed by atoms with Crippen LogP contribution < -0.4 is 5.43 Å². The van der Waals surface area contributed by atoms with E-state index in [2.05, 4.69) is 5.43 Å². The van der Waals surface area contributed by atoms with Gasteiger partial charge in [-0.1, -0.05) is 6.42 Å². The van der Waals surface area contributed by atoms with Gasteiger partial charge >= 0.3 is 0 Å². The highest BCUT2D eigenvalue weighted by Crippen LogP contribution is 2.27. The standard InChI is InChI=1S/C13H17N3O3/c1-10(17)11-5-6-12(13(9-11)16(18)19)14-15-7-3-2-4-8-15/h5-6,9,14H,2-4,7-8H2,1H3. The first-order chi connectivity index (χ1) is 9.08. The van der Waals surface area contributed by atoms with Crippen LogP contribution in [0.1, 0.15) is 36.5 Å². The second-order valence-corrected chi connectivity index (χ2v) is 4.70. The molecule has 0 saturated carbocycles. The van der Waals surface area contributed by atoms with Gasteiger partial charge in [-0.3, -0.25) is 14.9 Å². The van der Waals surface area contributed by atoms with Gasteiger partial charge in [0.2, 0.25) is 0 Å². The van der Waals surface area contributed by atoms with Crippen molar-refractivity contribution in [3.8, 4) is 0 Å². The van der Waals surface area contributed by atoms with Crippen LogP contribution in [-0.2, 0) is 0 Å². The molecular formula is C13H17N3O3. The van der Waals surface area contributed by atoms with Crippen LogP contribution in [0.3, 0.4) is 0 Å². The van der Waals surface area contributed by atoms with Crippen molar-refractivity contribution >= 4 is 17.2 Å². The van der Waals surface area contributed by atoms with E-state index >= 15 is 0 Å². The summed E-state index contributed by atoms with van der Waals surface area (Å²) in [4.78, 5) is 21.9. The number of ketones is 1. The molecule has 0 aromatic heterocycles. The van der Waals surface area contributed by atoms with Crippen LogP contribution in [-0.4, -0.2) is 28.8 Å². The monoisotopic (exact) mass is 263 g/mol. The molecule has 102 valence electrons. The Labute approximate surface area is 111 Å². The predicted octanol–water partition coefficient (Wildman–Crippen LogP) is 2.61. The van der Waals surface area contributed by atoms with Crippen molar-refractivity contribution in [3.63, 3.8) is 0 Å². The molecule has 0 aliphatic carbocycles. The van der Waals surface area contributed by atoms with E-state index in [0.29, 0.717) is 11.3 Å². The van der Waals surface area contributed by atoms with Gasteiger partial charge in [-0.15, -0.1) is 0 Å². The van der Waals surface area contributed by atoms with Gasteiger partial charge in [-0.05, 0) is 31.9 Å². The summed E-state index contributed by atoms with van der Waals surface area (Å²) in [5.74, 6) is -0.173. The molecule has 0 unspecified atom stereocenters. The molecule has 19 heavy (non-hydrogen) atoms. The number of Topliss-reactive ketones (excluding diaryl/α,β-unsaturated/α-hetero) is 1. The number of rotatable bonds is 4. The quantitative estimate of drug-likeness (QED) is 0.513. The lowest BCUT2D eigenvalue weighted by Crippen LogP contribution is -2.35. The zero-order valence-corrected chi connectivity index (χ0v) is 10.9. The number of benzene rings is 1. The molecule has 1 fully saturated rings. The molecule has 1 heterocycles. The number of nitro benzene ring substituents is 1. The summed E-state index contributed by atoms with van der Waals surface area (Å²) in [6.45, 7) is 3.16. The van der Waals surface area contributed by atoms with Gasteiger partial charge in [0.15, 0.2) is 5.78 Å². The molecule has 1 aliphatic rings. The van der Waals surface area contributed by atoms with E-state index < -0.39 is 4.92 Å². The fourth-order valence-corrected chi connectivity index (χ4v) is 2.17. The average molecular weight is 263 g/mol. The molecule has 1 aliphatic heterocycles. The van der Waals surface area contributed by atoms with Crippen molar-refractivity contribution in [1.29, 1.82) is 0 Å². The highest BCUT2D eigenvalue weighted by molar-refractivity contribution is 5.95. The molecule has 1 aromatic rings. The van der Waals surface area contributed by atoms with Gasteiger partial charge < -0.3 is 5.43 Å². The van der Waals surface area contributed by atoms with Crippen molar-refractivity contribution in [2.45, 2.75) is 26.2 Å². The van der Waals surface area contributed by atoms with E-state index in [-0.39, 0.29) is 11.5 Å². The van der Waals surface area contributed by atoms with Gasteiger partial charge in [0.1, 0.15) is 5.69 Å². The Morgan fingerprint density at radius 3 is 2.58 bits per heavy atom.